The molecular formula is C33H26O. The molecule has 0 unspecified atom stereocenters. The minimum atomic E-state index is -0.619. The molecule has 4 aromatic carbocycles. The zero-order chi connectivity index (χ0) is 22.8. The molecule has 3 aliphatic carbocycles. The van der Waals surface area contributed by atoms with Crippen molar-refractivity contribution in [3.63, 3.8) is 0 Å². The molecule has 4 aromatic rings. The van der Waals surface area contributed by atoms with Gasteiger partial charge in [0.25, 0.3) is 0 Å². The number of ketones is 1. The topological polar surface area (TPSA) is 17.1 Å². The third kappa shape index (κ3) is 2.23. The molecule has 0 spiro atoms. The van der Waals surface area contributed by atoms with Gasteiger partial charge >= 0.3 is 0 Å². The van der Waals surface area contributed by atoms with E-state index in [1.165, 1.54) is 22.3 Å². The molecule has 0 amide bonds. The Hall–Kier alpha value is -3.71. The Bertz CT molecular complexity index is 1300. The SMILES string of the molecule is O=C1[C@@]2(c3ccccc3)C(c3ccccc3)=C(c3ccccc3)[C@]1(c1ccccc1)[C@H]1CC[C@H]12. The first-order chi connectivity index (χ1) is 16.8. The van der Waals surface area contributed by atoms with Gasteiger partial charge in [-0.25, -0.2) is 0 Å². The van der Waals surface area contributed by atoms with E-state index in [9.17, 15) is 0 Å². The molecule has 1 nitrogen and oxygen atoms in total. The van der Waals surface area contributed by atoms with Crippen LogP contribution >= 0.6 is 0 Å². The fraction of sp³-hybridized carbons (Fsp3) is 0.182. The van der Waals surface area contributed by atoms with Crippen LogP contribution in [0.1, 0.15) is 35.1 Å². The van der Waals surface area contributed by atoms with Crippen LogP contribution in [0.25, 0.3) is 11.1 Å². The Labute approximate surface area is 200 Å². The quantitative estimate of drug-likeness (QED) is 0.332. The van der Waals surface area contributed by atoms with Gasteiger partial charge in [0.05, 0.1) is 10.8 Å². The van der Waals surface area contributed by atoms with E-state index in [2.05, 4.69) is 121 Å². The number of hydrogen-bond acceptors (Lipinski definition) is 1. The van der Waals surface area contributed by atoms with Crippen LogP contribution in [0.3, 0.4) is 0 Å². The first-order valence-corrected chi connectivity index (χ1v) is 12.3. The zero-order valence-electron chi connectivity index (χ0n) is 19.0. The van der Waals surface area contributed by atoms with Crippen LogP contribution in [0.4, 0.5) is 0 Å². The van der Waals surface area contributed by atoms with Gasteiger partial charge in [-0.3, -0.25) is 4.79 Å². The Morgan fingerprint density at radius 3 is 1.12 bits per heavy atom. The van der Waals surface area contributed by atoms with Crippen molar-refractivity contribution in [2.24, 2.45) is 11.8 Å². The zero-order valence-corrected chi connectivity index (χ0v) is 19.0. The fourth-order valence-electron chi connectivity index (χ4n) is 7.51. The maximum Gasteiger partial charge on any atom is 0.163 e. The van der Waals surface area contributed by atoms with Gasteiger partial charge in [0.2, 0.25) is 0 Å². The fourth-order valence-corrected chi connectivity index (χ4v) is 7.51. The summed E-state index contributed by atoms with van der Waals surface area (Å²) in [5.41, 5.74) is 5.85. The number of benzene rings is 4. The largest absolute Gasteiger partial charge is 0.297 e. The van der Waals surface area contributed by atoms with Crippen LogP contribution in [0.2, 0.25) is 0 Å². The summed E-state index contributed by atoms with van der Waals surface area (Å²) in [6.45, 7) is 0. The Balaban J connectivity index is 1.68. The molecule has 2 fully saturated rings. The monoisotopic (exact) mass is 438 g/mol. The van der Waals surface area contributed by atoms with Crippen molar-refractivity contribution >= 4 is 16.9 Å². The van der Waals surface area contributed by atoms with Crippen molar-refractivity contribution in [2.75, 3.05) is 0 Å². The van der Waals surface area contributed by atoms with Gasteiger partial charge in [0.1, 0.15) is 0 Å². The summed E-state index contributed by atoms with van der Waals surface area (Å²) in [6, 6.07) is 42.6. The molecule has 0 heterocycles. The molecule has 2 saturated carbocycles. The molecular weight excluding hydrogens is 412 g/mol. The van der Waals surface area contributed by atoms with Gasteiger partial charge in [-0.15, -0.1) is 0 Å². The molecule has 0 N–H and O–H groups in total. The Kier molecular flexibility index (Phi) is 4.14. The van der Waals surface area contributed by atoms with Crippen molar-refractivity contribution < 1.29 is 4.79 Å². The van der Waals surface area contributed by atoms with E-state index in [1.807, 2.05) is 0 Å². The van der Waals surface area contributed by atoms with E-state index < -0.39 is 10.8 Å². The van der Waals surface area contributed by atoms with Crippen LogP contribution in [-0.4, -0.2) is 5.78 Å². The maximum atomic E-state index is 15.2. The summed E-state index contributed by atoms with van der Waals surface area (Å²) in [5, 5.41) is 0. The van der Waals surface area contributed by atoms with Crippen LogP contribution in [0.5, 0.6) is 0 Å². The second-order valence-corrected chi connectivity index (χ2v) is 9.95. The van der Waals surface area contributed by atoms with E-state index in [1.54, 1.807) is 0 Å². The molecule has 4 atom stereocenters. The smallest absolute Gasteiger partial charge is 0.163 e. The van der Waals surface area contributed by atoms with Gasteiger partial charge in [-0.2, -0.15) is 0 Å². The average Bonchev–Trinajstić information content (AvgIpc) is 3.20. The summed E-state index contributed by atoms with van der Waals surface area (Å²) in [4.78, 5) is 15.2. The van der Waals surface area contributed by atoms with Crippen LogP contribution in [0.15, 0.2) is 121 Å². The van der Waals surface area contributed by atoms with Gasteiger partial charge in [-0.1, -0.05) is 121 Å². The predicted octanol–water partition coefficient (Wildman–Crippen LogP) is 7.10. The number of carbonyl (C=O) groups is 1. The highest BCUT2D eigenvalue weighted by atomic mass is 16.1. The normalized spacial score (nSPS) is 29.1. The third-order valence-electron chi connectivity index (χ3n) is 8.72. The summed E-state index contributed by atoms with van der Waals surface area (Å²) in [5.74, 6) is 1.03. The third-order valence-corrected chi connectivity index (χ3v) is 8.72. The lowest BCUT2D eigenvalue weighted by atomic mass is 9.51. The van der Waals surface area contributed by atoms with Crippen LogP contribution < -0.4 is 0 Å². The first-order valence-electron chi connectivity index (χ1n) is 12.3. The molecule has 0 aromatic heterocycles. The lowest BCUT2D eigenvalue weighted by Gasteiger charge is -2.50. The van der Waals surface area contributed by atoms with Crippen molar-refractivity contribution in [3.8, 4) is 0 Å². The van der Waals surface area contributed by atoms with Crippen LogP contribution in [-0.2, 0) is 15.6 Å². The highest BCUT2D eigenvalue weighted by Crippen LogP contribution is 2.77. The molecule has 0 radical (unpaired) electrons. The van der Waals surface area contributed by atoms with Crippen molar-refractivity contribution in [1.29, 1.82) is 0 Å². The van der Waals surface area contributed by atoms with Gasteiger partial charge < -0.3 is 0 Å². The second-order valence-electron chi connectivity index (χ2n) is 9.95. The number of fused-ring (bicyclic) bond motifs is 5. The summed E-state index contributed by atoms with van der Waals surface area (Å²) >= 11 is 0. The molecule has 3 aliphatic rings. The average molecular weight is 439 g/mol. The number of allylic oxidation sites excluding steroid dienone is 2. The molecule has 1 heteroatoms. The van der Waals surface area contributed by atoms with Gasteiger partial charge in [-0.05, 0) is 58.1 Å². The molecule has 164 valence electrons. The van der Waals surface area contributed by atoms with E-state index in [0.717, 1.165) is 24.0 Å². The number of carbonyl (C=O) groups excluding carboxylic acids is 1. The number of hydrogen-bond donors (Lipinski definition) is 0. The van der Waals surface area contributed by atoms with Gasteiger partial charge in [0, 0.05) is 0 Å². The minimum Gasteiger partial charge on any atom is -0.297 e. The lowest BCUT2D eigenvalue weighted by molar-refractivity contribution is -0.123. The molecule has 7 rings (SSSR count). The van der Waals surface area contributed by atoms with Crippen molar-refractivity contribution in [2.45, 2.75) is 23.7 Å². The summed E-state index contributed by atoms with van der Waals surface area (Å²) < 4.78 is 0. The maximum absolute atomic E-state index is 15.2. The van der Waals surface area contributed by atoms with Crippen molar-refractivity contribution in [1.82, 2.24) is 0 Å². The Morgan fingerprint density at radius 2 is 0.794 bits per heavy atom. The van der Waals surface area contributed by atoms with E-state index in [0.29, 0.717) is 17.6 Å². The first kappa shape index (κ1) is 19.7. The van der Waals surface area contributed by atoms with Gasteiger partial charge in [0.15, 0.2) is 5.78 Å². The number of Topliss-reactive ketones (excluding diaryl/α,β-unsaturated/α-hetero) is 1. The molecule has 0 saturated heterocycles. The highest BCUT2D eigenvalue weighted by Gasteiger charge is 2.78. The lowest BCUT2D eigenvalue weighted by Crippen LogP contribution is -2.45. The minimum absolute atomic E-state index is 0.324. The van der Waals surface area contributed by atoms with E-state index >= 15 is 4.79 Å². The summed E-state index contributed by atoms with van der Waals surface area (Å²) in [7, 11) is 0. The van der Waals surface area contributed by atoms with Crippen LogP contribution in [0, 0.1) is 11.8 Å². The van der Waals surface area contributed by atoms with E-state index in [-0.39, 0.29) is 0 Å². The standard InChI is InChI=1S/C33H26O/c34-31-32(25-17-9-3-10-18-25)27-21-22-28(27)33(31,26-19-11-4-12-20-26)30(24-15-7-2-8-16-24)29(32)23-13-5-1-6-14-23/h1-20,27-28H,21-22H2/t27-,28+,32-,33+. The van der Waals surface area contributed by atoms with E-state index in [4.69, 9.17) is 0 Å². The van der Waals surface area contributed by atoms with Crippen molar-refractivity contribution in [3.05, 3.63) is 144 Å². The number of rotatable bonds is 4. The highest BCUT2D eigenvalue weighted by molar-refractivity contribution is 6.29. The molecule has 34 heavy (non-hydrogen) atoms. The second kappa shape index (κ2) is 7.14. The predicted molar refractivity (Wildman–Crippen MR) is 137 cm³/mol. The molecule has 0 aliphatic heterocycles. The molecule has 2 bridgehead atoms. The Morgan fingerprint density at radius 1 is 0.471 bits per heavy atom. The summed E-state index contributed by atoms with van der Waals surface area (Å²) in [6.07, 6.45) is 2.19.